The van der Waals surface area contributed by atoms with E-state index in [-0.39, 0.29) is 12.0 Å². The van der Waals surface area contributed by atoms with Gasteiger partial charge in [0, 0.05) is 31.8 Å². The van der Waals surface area contributed by atoms with Crippen molar-refractivity contribution in [3.63, 3.8) is 0 Å². The standard InChI is InChI=1S/C18H22N4O2/c23-18(16-7-4-10-24-16)19-17-14-8-9-22(12-15(14)20-21-17)11-13-5-2-1-3-6-13/h1-3,5-6,16H,4,7-12H2,(H2,19,20,21,23). The van der Waals surface area contributed by atoms with Gasteiger partial charge in [0.1, 0.15) is 6.10 Å². The zero-order valence-electron chi connectivity index (χ0n) is 13.6. The first-order valence-corrected chi connectivity index (χ1v) is 8.54. The van der Waals surface area contributed by atoms with E-state index in [1.54, 1.807) is 0 Å². The molecule has 1 aromatic heterocycles. The predicted octanol–water partition coefficient (Wildman–Crippen LogP) is 2.09. The fourth-order valence-electron chi connectivity index (χ4n) is 3.44. The van der Waals surface area contributed by atoms with Gasteiger partial charge in [-0.2, -0.15) is 5.10 Å². The van der Waals surface area contributed by atoms with Gasteiger partial charge in [0.2, 0.25) is 0 Å². The predicted molar refractivity (Wildman–Crippen MR) is 90.5 cm³/mol. The van der Waals surface area contributed by atoms with Crippen LogP contribution in [0.5, 0.6) is 0 Å². The van der Waals surface area contributed by atoms with E-state index in [1.807, 2.05) is 6.07 Å². The molecule has 0 bridgehead atoms. The smallest absolute Gasteiger partial charge is 0.254 e. The highest BCUT2D eigenvalue weighted by atomic mass is 16.5. The Kier molecular flexibility index (Phi) is 4.32. The van der Waals surface area contributed by atoms with Crippen LogP contribution in [0.4, 0.5) is 5.82 Å². The number of hydrogen-bond acceptors (Lipinski definition) is 4. The van der Waals surface area contributed by atoms with Gasteiger partial charge in [-0.3, -0.25) is 14.8 Å². The number of H-pyrrole nitrogens is 1. The molecule has 1 fully saturated rings. The second-order valence-electron chi connectivity index (χ2n) is 6.47. The number of amides is 1. The molecule has 0 aliphatic carbocycles. The minimum absolute atomic E-state index is 0.0754. The van der Waals surface area contributed by atoms with Crippen LogP contribution < -0.4 is 5.32 Å². The number of aromatic nitrogens is 2. The Balaban J connectivity index is 1.41. The van der Waals surface area contributed by atoms with E-state index in [0.717, 1.165) is 50.2 Å². The second-order valence-corrected chi connectivity index (χ2v) is 6.47. The van der Waals surface area contributed by atoms with Crippen LogP contribution in [0.25, 0.3) is 0 Å². The highest BCUT2D eigenvalue weighted by Crippen LogP contribution is 2.25. The van der Waals surface area contributed by atoms with Crippen LogP contribution in [0.15, 0.2) is 30.3 Å². The summed E-state index contributed by atoms with van der Waals surface area (Å²) >= 11 is 0. The van der Waals surface area contributed by atoms with Crippen molar-refractivity contribution in [1.29, 1.82) is 0 Å². The number of carbonyl (C=O) groups excluding carboxylic acids is 1. The topological polar surface area (TPSA) is 70.2 Å². The lowest BCUT2D eigenvalue weighted by molar-refractivity contribution is -0.124. The van der Waals surface area contributed by atoms with Crippen molar-refractivity contribution in [2.24, 2.45) is 0 Å². The Morgan fingerprint density at radius 2 is 2.25 bits per heavy atom. The van der Waals surface area contributed by atoms with Gasteiger partial charge in [-0.05, 0) is 24.8 Å². The Morgan fingerprint density at radius 3 is 3.04 bits per heavy atom. The summed E-state index contributed by atoms with van der Waals surface area (Å²) in [6.45, 7) is 3.39. The van der Waals surface area contributed by atoms with Gasteiger partial charge in [-0.15, -0.1) is 0 Å². The molecule has 1 saturated heterocycles. The second kappa shape index (κ2) is 6.75. The summed E-state index contributed by atoms with van der Waals surface area (Å²) in [5.74, 6) is 0.596. The zero-order chi connectivity index (χ0) is 16.4. The van der Waals surface area contributed by atoms with Gasteiger partial charge >= 0.3 is 0 Å². The van der Waals surface area contributed by atoms with Crippen molar-refractivity contribution in [3.05, 3.63) is 47.2 Å². The molecule has 0 spiro atoms. The van der Waals surface area contributed by atoms with Gasteiger partial charge in [0.05, 0.1) is 5.69 Å². The molecule has 2 aromatic rings. The maximum absolute atomic E-state index is 12.2. The van der Waals surface area contributed by atoms with E-state index >= 15 is 0 Å². The molecule has 0 saturated carbocycles. The number of fused-ring (bicyclic) bond motifs is 1. The Morgan fingerprint density at radius 1 is 1.38 bits per heavy atom. The summed E-state index contributed by atoms with van der Waals surface area (Å²) < 4.78 is 5.43. The first-order chi connectivity index (χ1) is 11.8. The van der Waals surface area contributed by atoms with Crippen molar-refractivity contribution in [3.8, 4) is 0 Å². The number of anilines is 1. The number of rotatable bonds is 4. The minimum Gasteiger partial charge on any atom is -0.368 e. The third-order valence-electron chi connectivity index (χ3n) is 4.73. The summed E-state index contributed by atoms with van der Waals surface area (Å²) in [5.41, 5.74) is 3.54. The number of nitrogens with one attached hydrogen (secondary N) is 2. The van der Waals surface area contributed by atoms with E-state index in [2.05, 4.69) is 44.7 Å². The Labute approximate surface area is 141 Å². The lowest BCUT2D eigenvalue weighted by atomic mass is 10.1. The summed E-state index contributed by atoms with van der Waals surface area (Å²) in [5, 5.41) is 10.3. The highest BCUT2D eigenvalue weighted by molar-refractivity contribution is 5.94. The molecule has 1 aromatic carbocycles. The van der Waals surface area contributed by atoms with Gasteiger partial charge in [0.15, 0.2) is 5.82 Å². The first-order valence-electron chi connectivity index (χ1n) is 8.54. The van der Waals surface area contributed by atoms with Gasteiger partial charge in [0.25, 0.3) is 5.91 Å². The van der Waals surface area contributed by atoms with Crippen molar-refractivity contribution in [2.75, 3.05) is 18.5 Å². The summed E-state index contributed by atoms with van der Waals surface area (Å²) in [4.78, 5) is 14.6. The van der Waals surface area contributed by atoms with Crippen molar-refractivity contribution < 1.29 is 9.53 Å². The van der Waals surface area contributed by atoms with Gasteiger partial charge < -0.3 is 10.1 Å². The number of ether oxygens (including phenoxy) is 1. The van der Waals surface area contributed by atoms with Crippen molar-refractivity contribution in [1.82, 2.24) is 15.1 Å². The van der Waals surface area contributed by atoms with Crippen molar-refractivity contribution >= 4 is 11.7 Å². The SMILES string of the molecule is O=C(Nc1n[nH]c2c1CCN(Cc1ccccc1)C2)C1CCCO1. The number of aromatic amines is 1. The summed E-state index contributed by atoms with van der Waals surface area (Å²) in [6, 6.07) is 10.5. The number of benzene rings is 1. The van der Waals surface area contributed by atoms with Crippen LogP contribution in [-0.2, 0) is 29.0 Å². The zero-order valence-corrected chi connectivity index (χ0v) is 13.6. The lowest BCUT2D eigenvalue weighted by Gasteiger charge is -2.26. The largest absolute Gasteiger partial charge is 0.368 e. The normalized spacial score (nSPS) is 20.8. The first kappa shape index (κ1) is 15.4. The van der Waals surface area contributed by atoms with Crippen molar-refractivity contribution in [2.45, 2.75) is 38.5 Å². The van der Waals surface area contributed by atoms with E-state index in [1.165, 1.54) is 5.56 Å². The lowest BCUT2D eigenvalue weighted by Crippen LogP contribution is -2.31. The molecule has 3 heterocycles. The van der Waals surface area contributed by atoms with Crippen LogP contribution >= 0.6 is 0 Å². The molecule has 4 rings (SSSR count). The molecule has 1 atom stereocenters. The third kappa shape index (κ3) is 3.20. The summed E-state index contributed by atoms with van der Waals surface area (Å²) in [7, 11) is 0. The maximum atomic E-state index is 12.2. The fraction of sp³-hybridized carbons (Fsp3) is 0.444. The third-order valence-corrected chi connectivity index (χ3v) is 4.73. The number of hydrogen-bond donors (Lipinski definition) is 2. The van der Waals surface area contributed by atoms with Crippen LogP contribution in [0.1, 0.15) is 29.7 Å². The molecule has 24 heavy (non-hydrogen) atoms. The molecule has 0 radical (unpaired) electrons. The Bertz CT molecular complexity index is 707. The number of carbonyl (C=O) groups is 1. The van der Waals surface area contributed by atoms with Gasteiger partial charge in [-0.1, -0.05) is 30.3 Å². The Hall–Kier alpha value is -2.18. The molecule has 1 amide bonds. The molecule has 2 aliphatic heterocycles. The fourth-order valence-corrected chi connectivity index (χ4v) is 3.44. The monoisotopic (exact) mass is 326 g/mol. The molecule has 2 aliphatic rings. The van der Waals surface area contributed by atoms with E-state index in [9.17, 15) is 4.79 Å². The molecule has 6 nitrogen and oxygen atoms in total. The van der Waals surface area contributed by atoms with Crippen LogP contribution in [0, 0.1) is 0 Å². The summed E-state index contributed by atoms with van der Waals surface area (Å²) in [6.07, 6.45) is 2.31. The van der Waals surface area contributed by atoms with Crippen LogP contribution in [0.3, 0.4) is 0 Å². The van der Waals surface area contributed by atoms with E-state index < -0.39 is 0 Å². The van der Waals surface area contributed by atoms with E-state index in [4.69, 9.17) is 4.74 Å². The highest BCUT2D eigenvalue weighted by Gasteiger charge is 2.27. The van der Waals surface area contributed by atoms with Crippen LogP contribution in [-0.4, -0.2) is 40.3 Å². The number of nitrogens with zero attached hydrogens (tertiary/aromatic N) is 2. The molecule has 2 N–H and O–H groups in total. The average molecular weight is 326 g/mol. The van der Waals surface area contributed by atoms with Crippen LogP contribution in [0.2, 0.25) is 0 Å². The minimum atomic E-state index is -0.324. The maximum Gasteiger partial charge on any atom is 0.254 e. The molecular weight excluding hydrogens is 304 g/mol. The molecule has 1 unspecified atom stereocenters. The quantitative estimate of drug-likeness (QED) is 0.902. The van der Waals surface area contributed by atoms with Gasteiger partial charge in [-0.25, -0.2) is 0 Å². The average Bonchev–Trinajstić information content (AvgIpc) is 3.26. The van der Waals surface area contributed by atoms with E-state index in [0.29, 0.717) is 12.4 Å². The molecule has 126 valence electrons. The molecular formula is C18H22N4O2. The molecule has 6 heteroatoms.